The van der Waals surface area contributed by atoms with Gasteiger partial charge in [-0.3, -0.25) is 0 Å². The highest BCUT2D eigenvalue weighted by atomic mass is 35.5. The smallest absolute Gasteiger partial charge is 0.368 e. The van der Waals surface area contributed by atoms with E-state index in [9.17, 15) is 9.59 Å². The monoisotopic (exact) mass is 308 g/mol. The minimum Gasteiger partial charge on any atom is -0.463 e. The van der Waals surface area contributed by atoms with Gasteiger partial charge < -0.3 is 4.74 Å². The van der Waals surface area contributed by atoms with Crippen molar-refractivity contribution in [2.75, 3.05) is 6.61 Å². The van der Waals surface area contributed by atoms with Crippen molar-refractivity contribution in [3.8, 4) is 5.69 Å². The van der Waals surface area contributed by atoms with Gasteiger partial charge in [-0.15, -0.1) is 0 Å². The van der Waals surface area contributed by atoms with Crippen LogP contribution in [0.15, 0.2) is 41.2 Å². The van der Waals surface area contributed by atoms with Crippen molar-refractivity contribution in [1.82, 2.24) is 19.8 Å². The van der Waals surface area contributed by atoms with Gasteiger partial charge in [0.1, 0.15) is 0 Å². The Balaban J connectivity index is 2.12. The van der Waals surface area contributed by atoms with Crippen LogP contribution in [0, 0.1) is 0 Å². The van der Waals surface area contributed by atoms with Crippen LogP contribution in [0.25, 0.3) is 5.69 Å². The number of hydrogen-bond acceptors (Lipinski definition) is 5. The summed E-state index contributed by atoms with van der Waals surface area (Å²) in [7, 11) is 0. The predicted octanol–water partition coefficient (Wildman–Crippen LogP) is 1.20. The van der Waals surface area contributed by atoms with Crippen LogP contribution in [0.1, 0.15) is 6.92 Å². The predicted molar refractivity (Wildman–Crippen MR) is 76.4 cm³/mol. The summed E-state index contributed by atoms with van der Waals surface area (Å²) in [6.45, 7) is 2.15. The van der Waals surface area contributed by atoms with Gasteiger partial charge in [0.05, 0.1) is 18.8 Å². The van der Waals surface area contributed by atoms with Gasteiger partial charge in [0.2, 0.25) is 0 Å². The van der Waals surface area contributed by atoms with Crippen LogP contribution in [-0.4, -0.2) is 32.4 Å². The van der Waals surface area contributed by atoms with Crippen LogP contribution in [0.3, 0.4) is 0 Å². The quantitative estimate of drug-likeness (QED) is 0.612. The third kappa shape index (κ3) is 3.79. The number of ether oxygens (including phenoxy) is 1. The Labute approximate surface area is 125 Å². The number of carbonyl (C=O) groups excluding carboxylic acids is 1. The van der Waals surface area contributed by atoms with E-state index in [1.807, 2.05) is 0 Å². The molecule has 110 valence electrons. The number of aromatic nitrogens is 4. The van der Waals surface area contributed by atoms with Crippen molar-refractivity contribution in [2.24, 2.45) is 0 Å². The molecule has 0 spiro atoms. The van der Waals surface area contributed by atoms with Crippen LogP contribution in [0.2, 0.25) is 5.02 Å². The van der Waals surface area contributed by atoms with Crippen LogP contribution in [0.4, 0.5) is 0 Å². The fourth-order valence-electron chi connectivity index (χ4n) is 1.57. The fourth-order valence-corrected chi connectivity index (χ4v) is 1.70. The van der Waals surface area contributed by atoms with E-state index in [1.54, 1.807) is 31.2 Å². The van der Waals surface area contributed by atoms with E-state index in [2.05, 4.69) is 10.4 Å². The normalized spacial score (nSPS) is 11.0. The number of nitrogens with zero attached hydrogens (tertiary/aromatic N) is 4. The molecular formula is C13H13ClN4O3. The van der Waals surface area contributed by atoms with Crippen molar-refractivity contribution in [1.29, 1.82) is 0 Å². The maximum absolute atomic E-state index is 12.1. The Kier molecular flexibility index (Phi) is 4.89. The number of esters is 1. The Morgan fingerprint density at radius 2 is 2.05 bits per heavy atom. The molecular weight excluding hydrogens is 296 g/mol. The molecule has 0 N–H and O–H groups in total. The molecule has 0 aliphatic heterocycles. The standard InChI is InChI=1S/C13H13ClN4O3/c1-2-21-12(19)4-3-9-17-13(20)18(16-15-17)11-7-5-10(14)6-8-11/h3-8H,2,9H2,1H3. The second kappa shape index (κ2) is 6.85. The van der Waals surface area contributed by atoms with E-state index in [0.29, 0.717) is 17.3 Å². The second-order valence-electron chi connectivity index (χ2n) is 3.99. The summed E-state index contributed by atoms with van der Waals surface area (Å²) >= 11 is 5.79. The first-order valence-corrected chi connectivity index (χ1v) is 6.61. The first kappa shape index (κ1) is 15.0. The zero-order valence-corrected chi connectivity index (χ0v) is 12.0. The molecule has 1 heterocycles. The van der Waals surface area contributed by atoms with E-state index in [-0.39, 0.29) is 6.54 Å². The Morgan fingerprint density at radius 3 is 2.71 bits per heavy atom. The highest BCUT2D eigenvalue weighted by Crippen LogP contribution is 2.10. The second-order valence-corrected chi connectivity index (χ2v) is 4.42. The minimum atomic E-state index is -0.462. The van der Waals surface area contributed by atoms with Crippen molar-refractivity contribution in [3.63, 3.8) is 0 Å². The van der Waals surface area contributed by atoms with Gasteiger partial charge in [-0.2, -0.15) is 9.36 Å². The number of allylic oxidation sites excluding steroid dienone is 1. The minimum absolute atomic E-state index is 0.130. The van der Waals surface area contributed by atoms with Gasteiger partial charge in [0, 0.05) is 11.1 Å². The van der Waals surface area contributed by atoms with E-state index < -0.39 is 11.7 Å². The SMILES string of the molecule is CCOC(=O)C=CCn1nnn(-c2ccc(Cl)cc2)c1=O. The number of halogens is 1. The lowest BCUT2D eigenvalue weighted by Crippen LogP contribution is -2.23. The number of carbonyl (C=O) groups is 1. The molecule has 0 aliphatic carbocycles. The third-order valence-corrected chi connectivity index (χ3v) is 2.78. The number of hydrogen-bond donors (Lipinski definition) is 0. The summed E-state index contributed by atoms with van der Waals surface area (Å²) in [5, 5.41) is 8.08. The Morgan fingerprint density at radius 1 is 1.33 bits per heavy atom. The molecule has 0 fully saturated rings. The van der Waals surface area contributed by atoms with Gasteiger partial charge >= 0.3 is 11.7 Å². The van der Waals surface area contributed by atoms with Crippen molar-refractivity contribution in [2.45, 2.75) is 13.5 Å². The summed E-state index contributed by atoms with van der Waals surface area (Å²) < 4.78 is 7.01. The van der Waals surface area contributed by atoms with Gasteiger partial charge in [0.25, 0.3) is 0 Å². The highest BCUT2D eigenvalue weighted by Gasteiger charge is 2.07. The maximum Gasteiger partial charge on any atom is 0.368 e. The van der Waals surface area contributed by atoms with E-state index >= 15 is 0 Å². The van der Waals surface area contributed by atoms with Crippen molar-refractivity contribution in [3.05, 3.63) is 51.9 Å². The van der Waals surface area contributed by atoms with E-state index in [4.69, 9.17) is 16.3 Å². The molecule has 21 heavy (non-hydrogen) atoms. The van der Waals surface area contributed by atoms with Crippen LogP contribution in [-0.2, 0) is 16.1 Å². The number of benzene rings is 1. The molecule has 0 saturated carbocycles. The zero-order chi connectivity index (χ0) is 15.2. The van der Waals surface area contributed by atoms with Crippen molar-refractivity contribution >= 4 is 17.6 Å². The number of tetrazole rings is 1. The largest absolute Gasteiger partial charge is 0.463 e. The van der Waals surface area contributed by atoms with Crippen molar-refractivity contribution < 1.29 is 9.53 Å². The average Bonchev–Trinajstić information content (AvgIpc) is 2.82. The lowest BCUT2D eigenvalue weighted by atomic mass is 10.3. The molecule has 0 saturated heterocycles. The molecule has 0 bridgehead atoms. The van der Waals surface area contributed by atoms with Crippen LogP contribution in [0.5, 0.6) is 0 Å². The summed E-state index contributed by atoms with van der Waals surface area (Å²) in [6.07, 6.45) is 2.73. The number of rotatable bonds is 5. The van der Waals surface area contributed by atoms with Crippen LogP contribution < -0.4 is 5.69 Å². The van der Waals surface area contributed by atoms with Gasteiger partial charge in [0.15, 0.2) is 0 Å². The molecule has 7 nitrogen and oxygen atoms in total. The lowest BCUT2D eigenvalue weighted by molar-refractivity contribution is -0.137. The van der Waals surface area contributed by atoms with E-state index in [1.165, 1.54) is 12.2 Å². The summed E-state index contributed by atoms with van der Waals surface area (Å²) in [6, 6.07) is 6.64. The van der Waals surface area contributed by atoms with Gasteiger partial charge in [-0.1, -0.05) is 17.7 Å². The molecule has 2 rings (SSSR count). The summed E-state index contributed by atoms with van der Waals surface area (Å²) in [5.41, 5.74) is 0.149. The Hall–Kier alpha value is -2.41. The van der Waals surface area contributed by atoms with E-state index in [0.717, 1.165) is 9.36 Å². The summed E-state index contributed by atoms with van der Waals surface area (Å²) in [4.78, 5) is 23.2. The molecule has 0 atom stereocenters. The van der Waals surface area contributed by atoms with Gasteiger partial charge in [-0.05, 0) is 41.6 Å². The zero-order valence-electron chi connectivity index (χ0n) is 11.3. The molecule has 0 amide bonds. The molecule has 1 aromatic carbocycles. The molecule has 1 aromatic heterocycles. The molecule has 0 unspecified atom stereocenters. The first-order valence-electron chi connectivity index (χ1n) is 6.24. The average molecular weight is 309 g/mol. The highest BCUT2D eigenvalue weighted by molar-refractivity contribution is 6.30. The lowest BCUT2D eigenvalue weighted by Gasteiger charge is -1.97. The first-order chi connectivity index (χ1) is 10.1. The van der Waals surface area contributed by atoms with Crippen LogP contribution >= 0.6 is 11.6 Å². The molecule has 0 radical (unpaired) electrons. The topological polar surface area (TPSA) is 79.0 Å². The molecule has 0 aliphatic rings. The Bertz CT molecular complexity index is 703. The fraction of sp³-hybridized carbons (Fsp3) is 0.231. The molecule has 2 aromatic rings. The third-order valence-electron chi connectivity index (χ3n) is 2.53. The van der Waals surface area contributed by atoms with Gasteiger partial charge in [-0.25, -0.2) is 9.59 Å². The molecule has 8 heteroatoms. The summed E-state index contributed by atoms with van der Waals surface area (Å²) in [5.74, 6) is -0.462. The maximum atomic E-state index is 12.1.